The Morgan fingerprint density at radius 2 is 2.32 bits per heavy atom. The molecule has 0 aliphatic carbocycles. The summed E-state index contributed by atoms with van der Waals surface area (Å²) in [5.74, 6) is 0. The Balaban J connectivity index is 1.45. The van der Waals surface area contributed by atoms with E-state index in [0.29, 0.717) is 19.6 Å². The van der Waals surface area contributed by atoms with Gasteiger partial charge in [-0.1, -0.05) is 29.8 Å². The number of hydrogen-bond donors (Lipinski definition) is 1. The van der Waals surface area contributed by atoms with Gasteiger partial charge in [-0.05, 0) is 25.3 Å². The number of carbonyl (C=O) groups excluding carboxylic acids is 1. The van der Waals surface area contributed by atoms with Crippen molar-refractivity contribution < 1.29 is 9.53 Å². The third-order valence-corrected chi connectivity index (χ3v) is 5.01. The summed E-state index contributed by atoms with van der Waals surface area (Å²) in [5.41, 5.74) is 3.99. The van der Waals surface area contributed by atoms with E-state index in [1.165, 1.54) is 5.56 Å². The fraction of sp³-hybridized carbons (Fsp3) is 0.381. The summed E-state index contributed by atoms with van der Waals surface area (Å²) >= 11 is 0. The van der Waals surface area contributed by atoms with Gasteiger partial charge in [-0.2, -0.15) is 0 Å². The molecule has 3 heterocycles. The van der Waals surface area contributed by atoms with Crippen LogP contribution in [0.4, 0.5) is 4.79 Å². The van der Waals surface area contributed by atoms with Crippen LogP contribution in [0.2, 0.25) is 0 Å². The first-order valence-electron chi connectivity index (χ1n) is 9.65. The number of aryl methyl sites for hydroxylation is 1. The van der Waals surface area contributed by atoms with E-state index in [1.54, 1.807) is 18.6 Å². The van der Waals surface area contributed by atoms with Gasteiger partial charge in [-0.3, -0.25) is 9.38 Å². The smallest absolute Gasteiger partial charge is 0.318 e. The zero-order valence-corrected chi connectivity index (χ0v) is 16.0. The van der Waals surface area contributed by atoms with Crippen LogP contribution in [0.3, 0.4) is 0 Å². The van der Waals surface area contributed by atoms with Crippen LogP contribution in [0.5, 0.6) is 0 Å². The number of imidazole rings is 1. The van der Waals surface area contributed by atoms with E-state index in [0.717, 1.165) is 36.4 Å². The first kappa shape index (κ1) is 18.4. The van der Waals surface area contributed by atoms with E-state index < -0.39 is 0 Å². The van der Waals surface area contributed by atoms with Gasteiger partial charge < -0.3 is 15.0 Å². The monoisotopic (exact) mass is 379 g/mol. The van der Waals surface area contributed by atoms with Gasteiger partial charge in [0.15, 0.2) is 5.65 Å². The summed E-state index contributed by atoms with van der Waals surface area (Å²) in [5, 5.41) is 3.04. The van der Waals surface area contributed by atoms with Gasteiger partial charge in [0.1, 0.15) is 0 Å². The van der Waals surface area contributed by atoms with Crippen molar-refractivity contribution in [2.45, 2.75) is 39.0 Å². The minimum atomic E-state index is -0.0963. The second kappa shape index (κ2) is 8.39. The quantitative estimate of drug-likeness (QED) is 0.715. The number of urea groups is 1. The molecule has 0 spiro atoms. The molecule has 2 amide bonds. The summed E-state index contributed by atoms with van der Waals surface area (Å²) in [7, 11) is 0. The molecule has 1 aromatic carbocycles. The predicted molar refractivity (Wildman–Crippen MR) is 106 cm³/mol. The van der Waals surface area contributed by atoms with Crippen molar-refractivity contribution in [1.82, 2.24) is 24.6 Å². The molecule has 3 aromatic rings. The number of rotatable bonds is 6. The largest absolute Gasteiger partial charge is 0.376 e. The van der Waals surface area contributed by atoms with Gasteiger partial charge in [-0.15, -0.1) is 0 Å². The highest BCUT2D eigenvalue weighted by atomic mass is 16.5. The summed E-state index contributed by atoms with van der Waals surface area (Å²) in [6.07, 6.45) is 9.19. The topological polar surface area (TPSA) is 71.8 Å². The minimum absolute atomic E-state index is 0.0963. The molecule has 1 aliphatic rings. The summed E-state index contributed by atoms with van der Waals surface area (Å²) in [6, 6.07) is 8.17. The van der Waals surface area contributed by atoms with Gasteiger partial charge in [0.25, 0.3) is 0 Å². The molecule has 7 heteroatoms. The highest BCUT2D eigenvalue weighted by Crippen LogP contribution is 2.16. The highest BCUT2D eigenvalue weighted by Gasteiger charge is 2.23. The molecule has 146 valence electrons. The van der Waals surface area contributed by atoms with Crippen molar-refractivity contribution in [3.05, 3.63) is 65.9 Å². The lowest BCUT2D eigenvalue weighted by molar-refractivity contribution is 0.0794. The molecule has 4 rings (SSSR count). The van der Waals surface area contributed by atoms with Crippen molar-refractivity contribution in [1.29, 1.82) is 0 Å². The molecule has 1 fully saturated rings. The molecule has 0 bridgehead atoms. The third-order valence-electron chi connectivity index (χ3n) is 5.01. The van der Waals surface area contributed by atoms with E-state index >= 15 is 0 Å². The Kier molecular flexibility index (Phi) is 5.53. The SMILES string of the molecule is Cc1cccc(CN(CC2CCCO2)C(=O)NCc2cnc3cnccn23)c1. The molecule has 0 saturated carbocycles. The maximum absolute atomic E-state index is 13.0. The molecular formula is C21H25N5O2. The van der Waals surface area contributed by atoms with Crippen LogP contribution in [0.15, 0.2) is 49.1 Å². The number of nitrogens with one attached hydrogen (secondary N) is 1. The molecule has 28 heavy (non-hydrogen) atoms. The van der Waals surface area contributed by atoms with Gasteiger partial charge in [-0.25, -0.2) is 9.78 Å². The van der Waals surface area contributed by atoms with Crippen LogP contribution in [0.1, 0.15) is 29.7 Å². The third kappa shape index (κ3) is 4.31. The lowest BCUT2D eigenvalue weighted by Crippen LogP contribution is -2.43. The second-order valence-corrected chi connectivity index (χ2v) is 7.22. The molecule has 7 nitrogen and oxygen atoms in total. The van der Waals surface area contributed by atoms with Crippen LogP contribution in [0.25, 0.3) is 5.65 Å². The molecular weight excluding hydrogens is 354 g/mol. The minimum Gasteiger partial charge on any atom is -0.376 e. The van der Waals surface area contributed by atoms with E-state index in [-0.39, 0.29) is 12.1 Å². The Hall–Kier alpha value is -2.93. The fourth-order valence-corrected chi connectivity index (χ4v) is 3.59. The molecule has 0 radical (unpaired) electrons. The number of hydrogen-bond acceptors (Lipinski definition) is 4. The van der Waals surface area contributed by atoms with Gasteiger partial charge >= 0.3 is 6.03 Å². The number of carbonyl (C=O) groups is 1. The van der Waals surface area contributed by atoms with Crippen molar-refractivity contribution >= 4 is 11.7 Å². The molecule has 1 atom stereocenters. The van der Waals surface area contributed by atoms with E-state index in [4.69, 9.17) is 4.74 Å². The van der Waals surface area contributed by atoms with Crippen molar-refractivity contribution in [3.8, 4) is 0 Å². The Morgan fingerprint density at radius 3 is 3.14 bits per heavy atom. The molecule has 2 aromatic heterocycles. The summed E-state index contributed by atoms with van der Waals surface area (Å²) < 4.78 is 7.69. The zero-order valence-electron chi connectivity index (χ0n) is 16.0. The molecule has 1 unspecified atom stereocenters. The van der Waals surface area contributed by atoms with Crippen molar-refractivity contribution in [2.24, 2.45) is 0 Å². The molecule has 1 saturated heterocycles. The highest BCUT2D eigenvalue weighted by molar-refractivity contribution is 5.74. The number of aromatic nitrogens is 3. The van der Waals surface area contributed by atoms with Gasteiger partial charge in [0.2, 0.25) is 0 Å². The van der Waals surface area contributed by atoms with E-state index in [9.17, 15) is 4.79 Å². The van der Waals surface area contributed by atoms with Crippen LogP contribution < -0.4 is 5.32 Å². The first-order valence-corrected chi connectivity index (χ1v) is 9.65. The summed E-state index contributed by atoms with van der Waals surface area (Å²) in [6.45, 7) is 4.40. The molecule has 1 aliphatic heterocycles. The predicted octanol–water partition coefficient (Wildman–Crippen LogP) is 2.93. The lowest BCUT2D eigenvalue weighted by Gasteiger charge is -2.26. The van der Waals surface area contributed by atoms with E-state index in [1.807, 2.05) is 21.6 Å². The standard InChI is InChI=1S/C21H25N5O2/c1-16-4-2-5-17(10-16)14-25(15-19-6-3-9-28-19)21(27)24-12-18-11-23-20-13-22-7-8-26(18)20/h2,4-5,7-8,10-11,13,19H,3,6,9,12,14-15H2,1H3,(H,24,27). The second-order valence-electron chi connectivity index (χ2n) is 7.22. The number of fused-ring (bicyclic) bond motifs is 1. The van der Waals surface area contributed by atoms with Crippen LogP contribution >= 0.6 is 0 Å². The normalized spacial score (nSPS) is 16.4. The fourth-order valence-electron chi connectivity index (χ4n) is 3.59. The van der Waals surface area contributed by atoms with E-state index in [2.05, 4.69) is 40.4 Å². The zero-order chi connectivity index (χ0) is 19.3. The van der Waals surface area contributed by atoms with Crippen molar-refractivity contribution in [2.75, 3.05) is 13.2 Å². The average molecular weight is 379 g/mol. The van der Waals surface area contributed by atoms with Gasteiger partial charge in [0, 0.05) is 32.1 Å². The van der Waals surface area contributed by atoms with Crippen LogP contribution in [-0.4, -0.2) is 44.6 Å². The Morgan fingerprint density at radius 1 is 1.39 bits per heavy atom. The Labute approximate surface area is 164 Å². The number of benzene rings is 1. The Bertz CT molecular complexity index is 949. The first-order chi connectivity index (χ1) is 13.7. The maximum Gasteiger partial charge on any atom is 0.318 e. The number of ether oxygens (including phenoxy) is 1. The van der Waals surface area contributed by atoms with Crippen LogP contribution in [0, 0.1) is 6.92 Å². The number of nitrogens with zero attached hydrogens (tertiary/aromatic N) is 4. The lowest BCUT2D eigenvalue weighted by atomic mass is 10.1. The molecule has 1 N–H and O–H groups in total. The van der Waals surface area contributed by atoms with Crippen LogP contribution in [-0.2, 0) is 17.8 Å². The van der Waals surface area contributed by atoms with Crippen molar-refractivity contribution in [3.63, 3.8) is 0 Å². The maximum atomic E-state index is 13.0. The summed E-state index contributed by atoms with van der Waals surface area (Å²) in [4.78, 5) is 23.2. The average Bonchev–Trinajstić information content (AvgIpc) is 3.35. The number of amides is 2. The van der Waals surface area contributed by atoms with Gasteiger partial charge in [0.05, 0.1) is 30.7 Å².